The average Bonchev–Trinajstić information content (AvgIpc) is 2.76. The van der Waals surface area contributed by atoms with Gasteiger partial charge in [0.25, 0.3) is 5.91 Å². The molecule has 1 saturated heterocycles. The third-order valence-electron chi connectivity index (χ3n) is 5.68. The molecule has 4 nitrogen and oxygen atoms in total. The van der Waals surface area contributed by atoms with E-state index in [4.69, 9.17) is 0 Å². The highest BCUT2D eigenvalue weighted by molar-refractivity contribution is 6.06. The van der Waals surface area contributed by atoms with Crippen LogP contribution < -0.4 is 4.90 Å². The van der Waals surface area contributed by atoms with Gasteiger partial charge in [-0.2, -0.15) is 0 Å². The van der Waals surface area contributed by atoms with E-state index in [0.29, 0.717) is 0 Å². The van der Waals surface area contributed by atoms with Gasteiger partial charge in [0, 0.05) is 43.8 Å². The first-order chi connectivity index (χ1) is 14.6. The normalized spacial score (nSPS) is 15.1. The molecule has 0 aliphatic carbocycles. The van der Waals surface area contributed by atoms with E-state index in [-0.39, 0.29) is 17.5 Å². The van der Waals surface area contributed by atoms with Crippen LogP contribution in [0.2, 0.25) is 0 Å². The lowest BCUT2D eigenvalue weighted by atomic mass is 9.99. The molecule has 154 valence electrons. The molecule has 0 atom stereocenters. The summed E-state index contributed by atoms with van der Waals surface area (Å²) < 4.78 is 14.4. The largest absolute Gasteiger partial charge is 0.305 e. The maximum absolute atomic E-state index is 14.4. The van der Waals surface area contributed by atoms with E-state index in [1.165, 1.54) is 11.6 Å². The Hall–Kier alpha value is -3.05. The fourth-order valence-electron chi connectivity index (χ4n) is 4.12. The molecule has 2 heterocycles. The first-order valence-electron chi connectivity index (χ1n) is 10.4. The molecule has 30 heavy (non-hydrogen) atoms. The minimum Gasteiger partial charge on any atom is -0.305 e. The zero-order valence-electron chi connectivity index (χ0n) is 17.2. The Morgan fingerprint density at radius 1 is 1.07 bits per heavy atom. The highest BCUT2D eigenvalue weighted by atomic mass is 19.1. The van der Waals surface area contributed by atoms with E-state index in [0.717, 1.165) is 43.7 Å². The molecule has 0 spiro atoms. The third-order valence-corrected chi connectivity index (χ3v) is 5.68. The second kappa shape index (κ2) is 9.18. The van der Waals surface area contributed by atoms with Gasteiger partial charge in [0.05, 0.1) is 5.56 Å². The lowest BCUT2D eigenvalue weighted by Crippen LogP contribution is -2.47. The highest BCUT2D eigenvalue weighted by Crippen LogP contribution is 2.28. The Morgan fingerprint density at radius 3 is 2.50 bits per heavy atom. The van der Waals surface area contributed by atoms with Gasteiger partial charge >= 0.3 is 0 Å². The number of hydrogen-bond acceptors (Lipinski definition) is 3. The molecular weight excluding hydrogens is 377 g/mol. The number of benzene rings is 2. The quantitative estimate of drug-likeness (QED) is 0.612. The summed E-state index contributed by atoms with van der Waals surface area (Å²) in [5, 5.41) is 0. The molecule has 1 fully saturated rings. The summed E-state index contributed by atoms with van der Waals surface area (Å²) in [6, 6.07) is 18.2. The van der Waals surface area contributed by atoms with Crippen molar-refractivity contribution in [2.24, 2.45) is 0 Å². The van der Waals surface area contributed by atoms with Crippen LogP contribution in [0.3, 0.4) is 0 Å². The number of aryl methyl sites for hydroxylation is 1. The molecule has 0 saturated carbocycles. The molecule has 1 amide bonds. The van der Waals surface area contributed by atoms with Gasteiger partial charge in [-0.25, -0.2) is 4.39 Å². The van der Waals surface area contributed by atoms with Crippen LogP contribution in [-0.4, -0.2) is 34.9 Å². The minimum atomic E-state index is -0.477. The summed E-state index contributed by atoms with van der Waals surface area (Å²) in [4.78, 5) is 21.7. The van der Waals surface area contributed by atoms with Gasteiger partial charge in [-0.15, -0.1) is 0 Å². The van der Waals surface area contributed by atoms with Crippen LogP contribution in [0, 0.1) is 12.7 Å². The number of aromatic nitrogens is 1. The molecular formula is C25H26FN3O. The van der Waals surface area contributed by atoms with Crippen molar-refractivity contribution < 1.29 is 9.18 Å². The van der Waals surface area contributed by atoms with Crippen molar-refractivity contribution in [3.05, 3.63) is 95.6 Å². The summed E-state index contributed by atoms with van der Waals surface area (Å²) >= 11 is 0. The van der Waals surface area contributed by atoms with Gasteiger partial charge in [0.1, 0.15) is 5.82 Å². The number of piperidine rings is 1. The fraction of sp³-hybridized carbons (Fsp3) is 0.280. The molecule has 3 aromatic rings. The van der Waals surface area contributed by atoms with Crippen LogP contribution in [0.1, 0.15) is 34.3 Å². The number of pyridine rings is 1. The van der Waals surface area contributed by atoms with Crippen LogP contribution >= 0.6 is 0 Å². The van der Waals surface area contributed by atoms with E-state index < -0.39 is 5.82 Å². The van der Waals surface area contributed by atoms with Crippen LogP contribution in [0.25, 0.3) is 0 Å². The molecule has 0 unspecified atom stereocenters. The Labute approximate surface area is 177 Å². The van der Waals surface area contributed by atoms with Crippen molar-refractivity contribution in [3.8, 4) is 0 Å². The molecule has 1 aromatic heterocycles. The molecule has 2 aromatic carbocycles. The Morgan fingerprint density at radius 2 is 1.80 bits per heavy atom. The number of nitrogens with zero attached hydrogens (tertiary/aromatic N) is 3. The van der Waals surface area contributed by atoms with E-state index in [1.54, 1.807) is 23.1 Å². The lowest BCUT2D eigenvalue weighted by molar-refractivity contribution is 0.0954. The smallest absolute Gasteiger partial charge is 0.261 e. The standard InChI is InChI=1S/C25H26FN3O/c1-19-5-4-6-22(17-19)29(25(30)23-7-2-3-8-24(23)26)21-11-15-28(16-12-21)18-20-9-13-27-14-10-20/h2-10,13-14,17,21H,11-12,15-16,18H2,1H3. The van der Waals surface area contributed by atoms with Gasteiger partial charge in [-0.1, -0.05) is 24.3 Å². The number of amides is 1. The Balaban J connectivity index is 1.55. The summed E-state index contributed by atoms with van der Waals surface area (Å²) in [7, 11) is 0. The summed E-state index contributed by atoms with van der Waals surface area (Å²) in [6.45, 7) is 4.66. The van der Waals surface area contributed by atoms with Gasteiger partial charge in [0.15, 0.2) is 0 Å². The molecule has 5 heteroatoms. The summed E-state index contributed by atoms with van der Waals surface area (Å²) in [6.07, 6.45) is 5.32. The zero-order valence-corrected chi connectivity index (χ0v) is 17.2. The SMILES string of the molecule is Cc1cccc(N(C(=O)c2ccccc2F)C2CCN(Cc3ccncc3)CC2)c1. The highest BCUT2D eigenvalue weighted by Gasteiger charge is 2.31. The third kappa shape index (κ3) is 4.57. The number of carbonyl (C=O) groups is 1. The van der Waals surface area contributed by atoms with Gasteiger partial charge in [-0.05, 0) is 67.3 Å². The molecule has 0 bridgehead atoms. The van der Waals surface area contributed by atoms with Crippen molar-refractivity contribution in [3.63, 3.8) is 0 Å². The lowest BCUT2D eigenvalue weighted by Gasteiger charge is -2.39. The van der Waals surface area contributed by atoms with Crippen molar-refractivity contribution >= 4 is 11.6 Å². The number of likely N-dealkylation sites (tertiary alicyclic amines) is 1. The number of rotatable bonds is 5. The molecule has 4 rings (SSSR count). The molecule has 1 aliphatic heterocycles. The van der Waals surface area contributed by atoms with Crippen LogP contribution in [0.4, 0.5) is 10.1 Å². The maximum atomic E-state index is 14.4. The monoisotopic (exact) mass is 403 g/mol. The maximum Gasteiger partial charge on any atom is 0.261 e. The van der Waals surface area contributed by atoms with Crippen molar-refractivity contribution in [2.45, 2.75) is 32.4 Å². The Bertz CT molecular complexity index is 1000. The summed E-state index contributed by atoms with van der Waals surface area (Å²) in [5.74, 6) is -0.749. The molecule has 0 N–H and O–H groups in total. The van der Waals surface area contributed by atoms with E-state index in [9.17, 15) is 9.18 Å². The predicted molar refractivity (Wildman–Crippen MR) is 117 cm³/mol. The van der Waals surface area contributed by atoms with Crippen LogP contribution in [-0.2, 0) is 6.54 Å². The van der Waals surface area contributed by atoms with Crippen LogP contribution in [0.15, 0.2) is 73.1 Å². The predicted octanol–water partition coefficient (Wildman–Crippen LogP) is 4.84. The van der Waals surface area contributed by atoms with Crippen molar-refractivity contribution in [1.29, 1.82) is 0 Å². The first-order valence-corrected chi connectivity index (χ1v) is 10.4. The second-order valence-electron chi connectivity index (χ2n) is 7.86. The van der Waals surface area contributed by atoms with Crippen molar-refractivity contribution in [2.75, 3.05) is 18.0 Å². The van der Waals surface area contributed by atoms with E-state index in [2.05, 4.69) is 9.88 Å². The molecule has 1 aliphatic rings. The fourth-order valence-corrected chi connectivity index (χ4v) is 4.12. The van der Waals surface area contributed by atoms with Crippen molar-refractivity contribution in [1.82, 2.24) is 9.88 Å². The van der Waals surface area contributed by atoms with Gasteiger partial charge < -0.3 is 4.90 Å². The Kier molecular flexibility index (Phi) is 6.19. The van der Waals surface area contributed by atoms with Crippen LogP contribution in [0.5, 0.6) is 0 Å². The zero-order chi connectivity index (χ0) is 20.9. The number of halogens is 1. The topological polar surface area (TPSA) is 36.4 Å². The van der Waals surface area contributed by atoms with E-state index in [1.807, 2.05) is 55.7 Å². The number of anilines is 1. The van der Waals surface area contributed by atoms with Gasteiger partial charge in [0.2, 0.25) is 0 Å². The first kappa shape index (κ1) is 20.2. The number of hydrogen-bond donors (Lipinski definition) is 0. The summed E-state index contributed by atoms with van der Waals surface area (Å²) in [5.41, 5.74) is 3.27. The van der Waals surface area contributed by atoms with Gasteiger partial charge in [-0.3, -0.25) is 14.7 Å². The van der Waals surface area contributed by atoms with E-state index >= 15 is 0 Å². The minimum absolute atomic E-state index is 0.0348. The second-order valence-corrected chi connectivity index (χ2v) is 7.86. The average molecular weight is 404 g/mol. The number of carbonyl (C=O) groups excluding carboxylic acids is 1. The molecule has 0 radical (unpaired) electrons.